The van der Waals surface area contributed by atoms with Gasteiger partial charge in [-0.3, -0.25) is 0 Å². The minimum atomic E-state index is -1.31. The maximum absolute atomic E-state index is 13.1. The Hall–Kier alpha value is -1.36. The molecule has 1 aromatic carbocycles. The van der Waals surface area contributed by atoms with E-state index >= 15 is 0 Å². The molecule has 0 amide bonds. The van der Waals surface area contributed by atoms with Crippen LogP contribution in [0.5, 0.6) is 0 Å². The highest BCUT2D eigenvalue weighted by molar-refractivity contribution is 9.10. The molecule has 1 unspecified atom stereocenters. The van der Waals surface area contributed by atoms with Crippen LogP contribution < -0.4 is 0 Å². The molecule has 17 heavy (non-hydrogen) atoms. The van der Waals surface area contributed by atoms with Crippen LogP contribution in [0.4, 0.5) is 9.18 Å². The number of halogens is 2. The Labute approximate surface area is 107 Å². The summed E-state index contributed by atoms with van der Waals surface area (Å²) in [6.45, 7) is 3.71. The van der Waals surface area contributed by atoms with Crippen molar-refractivity contribution < 1.29 is 19.0 Å². The first-order valence-corrected chi connectivity index (χ1v) is 5.77. The van der Waals surface area contributed by atoms with E-state index in [1.54, 1.807) is 12.1 Å². The summed E-state index contributed by atoms with van der Waals surface area (Å²) in [6, 6.07) is 4.36. The first kappa shape index (κ1) is 13.7. The van der Waals surface area contributed by atoms with E-state index in [4.69, 9.17) is 5.11 Å². The SMILES string of the molecule is C=CC(CCOC(=O)O)c1cc(F)ccc1Br. The molecule has 0 radical (unpaired) electrons. The second kappa shape index (κ2) is 6.39. The summed E-state index contributed by atoms with van der Waals surface area (Å²) in [6.07, 6.45) is 0.758. The Morgan fingerprint density at radius 3 is 2.94 bits per heavy atom. The second-order valence-corrected chi connectivity index (χ2v) is 4.27. The molecule has 0 heterocycles. The summed E-state index contributed by atoms with van der Waals surface area (Å²) in [7, 11) is 0. The largest absolute Gasteiger partial charge is 0.505 e. The Kier molecular flexibility index (Phi) is 5.15. The third kappa shape index (κ3) is 4.19. The third-order valence-electron chi connectivity index (χ3n) is 2.30. The van der Waals surface area contributed by atoms with Gasteiger partial charge in [0.2, 0.25) is 0 Å². The van der Waals surface area contributed by atoms with Crippen LogP contribution in [0.15, 0.2) is 35.3 Å². The predicted octanol–water partition coefficient (Wildman–Crippen LogP) is 3.94. The lowest BCUT2D eigenvalue weighted by molar-refractivity contribution is 0.0898. The van der Waals surface area contributed by atoms with Gasteiger partial charge in [0.05, 0.1) is 6.61 Å². The smallest absolute Gasteiger partial charge is 0.450 e. The molecular weight excluding hydrogens is 291 g/mol. The van der Waals surface area contributed by atoms with Crippen molar-refractivity contribution in [3.8, 4) is 0 Å². The number of benzene rings is 1. The van der Waals surface area contributed by atoms with Gasteiger partial charge >= 0.3 is 6.16 Å². The molecule has 0 fully saturated rings. The lowest BCUT2D eigenvalue weighted by atomic mass is 9.96. The zero-order valence-corrected chi connectivity index (χ0v) is 10.6. The van der Waals surface area contributed by atoms with Crippen LogP contribution in [-0.2, 0) is 4.74 Å². The molecule has 1 atom stereocenters. The molecule has 0 saturated carbocycles. The van der Waals surface area contributed by atoms with Gasteiger partial charge in [-0.2, -0.15) is 0 Å². The molecule has 1 aromatic rings. The maximum Gasteiger partial charge on any atom is 0.505 e. The quantitative estimate of drug-likeness (QED) is 0.662. The van der Waals surface area contributed by atoms with Gasteiger partial charge in [-0.1, -0.05) is 22.0 Å². The van der Waals surface area contributed by atoms with E-state index in [9.17, 15) is 9.18 Å². The molecular formula is C12H12BrFO3. The zero-order chi connectivity index (χ0) is 12.8. The standard InChI is InChI=1S/C12H12BrFO3/c1-2-8(5-6-17-12(15)16)10-7-9(14)3-4-11(10)13/h2-4,7-8H,1,5-6H2,(H,15,16). The molecule has 0 aliphatic carbocycles. The Morgan fingerprint density at radius 1 is 1.65 bits per heavy atom. The lowest BCUT2D eigenvalue weighted by Crippen LogP contribution is -2.06. The first-order valence-electron chi connectivity index (χ1n) is 4.98. The molecule has 3 nitrogen and oxygen atoms in total. The van der Waals surface area contributed by atoms with Crippen LogP contribution in [0.25, 0.3) is 0 Å². The fourth-order valence-corrected chi connectivity index (χ4v) is 2.01. The average molecular weight is 303 g/mol. The highest BCUT2D eigenvalue weighted by Gasteiger charge is 2.13. The topological polar surface area (TPSA) is 46.5 Å². The van der Waals surface area contributed by atoms with Crippen molar-refractivity contribution in [1.29, 1.82) is 0 Å². The monoisotopic (exact) mass is 302 g/mol. The van der Waals surface area contributed by atoms with E-state index in [0.717, 1.165) is 10.0 Å². The van der Waals surface area contributed by atoms with Gasteiger partial charge in [0, 0.05) is 10.4 Å². The van der Waals surface area contributed by atoms with Crippen molar-refractivity contribution >= 4 is 22.1 Å². The molecule has 0 aliphatic rings. The number of rotatable bonds is 5. The van der Waals surface area contributed by atoms with Gasteiger partial charge in [0.15, 0.2) is 0 Å². The second-order valence-electron chi connectivity index (χ2n) is 3.41. The predicted molar refractivity (Wildman–Crippen MR) is 65.6 cm³/mol. The van der Waals surface area contributed by atoms with Gasteiger partial charge < -0.3 is 9.84 Å². The summed E-state index contributed by atoms with van der Waals surface area (Å²) >= 11 is 3.32. The number of ether oxygens (including phenoxy) is 1. The van der Waals surface area contributed by atoms with Crippen molar-refractivity contribution in [2.75, 3.05) is 6.61 Å². The first-order chi connectivity index (χ1) is 8.04. The van der Waals surface area contributed by atoms with Gasteiger partial charge in [-0.25, -0.2) is 9.18 Å². The fraction of sp³-hybridized carbons (Fsp3) is 0.250. The maximum atomic E-state index is 13.1. The summed E-state index contributed by atoms with van der Waals surface area (Å²) in [4.78, 5) is 10.2. The van der Waals surface area contributed by atoms with Gasteiger partial charge in [0.1, 0.15) is 5.82 Å². The van der Waals surface area contributed by atoms with Gasteiger partial charge in [-0.15, -0.1) is 6.58 Å². The van der Waals surface area contributed by atoms with Crippen LogP contribution >= 0.6 is 15.9 Å². The molecule has 1 rings (SSSR count). The van der Waals surface area contributed by atoms with Crippen LogP contribution in [0.1, 0.15) is 17.9 Å². The Bertz CT molecular complexity index is 420. The molecule has 0 spiro atoms. The minimum absolute atomic E-state index is 0.0506. The van der Waals surface area contributed by atoms with E-state index in [0.29, 0.717) is 6.42 Å². The molecule has 0 aliphatic heterocycles. The minimum Gasteiger partial charge on any atom is -0.450 e. The van der Waals surface area contributed by atoms with E-state index < -0.39 is 6.16 Å². The third-order valence-corrected chi connectivity index (χ3v) is 3.02. The van der Waals surface area contributed by atoms with Crippen molar-refractivity contribution in [2.24, 2.45) is 0 Å². The average Bonchev–Trinajstić information content (AvgIpc) is 2.28. The molecule has 0 aromatic heterocycles. The summed E-state index contributed by atoms with van der Waals surface area (Å²) in [5.74, 6) is -0.492. The van der Waals surface area contributed by atoms with E-state index in [1.807, 2.05) is 0 Å². The lowest BCUT2D eigenvalue weighted by Gasteiger charge is -2.14. The normalized spacial score (nSPS) is 11.9. The molecule has 0 saturated heterocycles. The van der Waals surface area contributed by atoms with E-state index in [2.05, 4.69) is 27.2 Å². The number of hydrogen-bond acceptors (Lipinski definition) is 2. The number of carboxylic acid groups (broad SMARTS) is 1. The highest BCUT2D eigenvalue weighted by Crippen LogP contribution is 2.29. The number of allylic oxidation sites excluding steroid dienone is 1. The number of hydrogen-bond donors (Lipinski definition) is 1. The van der Waals surface area contributed by atoms with Crippen molar-refractivity contribution in [1.82, 2.24) is 0 Å². The van der Waals surface area contributed by atoms with Gasteiger partial charge in [0.25, 0.3) is 0 Å². The molecule has 5 heteroatoms. The molecule has 0 bridgehead atoms. The van der Waals surface area contributed by atoms with Crippen molar-refractivity contribution in [2.45, 2.75) is 12.3 Å². The van der Waals surface area contributed by atoms with Crippen LogP contribution in [0, 0.1) is 5.82 Å². The van der Waals surface area contributed by atoms with Crippen molar-refractivity contribution in [3.63, 3.8) is 0 Å². The van der Waals surface area contributed by atoms with Crippen molar-refractivity contribution in [3.05, 3.63) is 46.7 Å². The van der Waals surface area contributed by atoms with Crippen LogP contribution in [0.3, 0.4) is 0 Å². The van der Waals surface area contributed by atoms with Crippen LogP contribution in [-0.4, -0.2) is 17.9 Å². The van der Waals surface area contributed by atoms with Gasteiger partial charge in [-0.05, 0) is 30.2 Å². The number of carbonyl (C=O) groups is 1. The summed E-state index contributed by atoms with van der Waals surface area (Å²) in [5.41, 5.74) is 0.731. The summed E-state index contributed by atoms with van der Waals surface area (Å²) in [5, 5.41) is 8.35. The fourth-order valence-electron chi connectivity index (χ4n) is 1.47. The highest BCUT2D eigenvalue weighted by atomic mass is 79.9. The Morgan fingerprint density at radius 2 is 2.35 bits per heavy atom. The van der Waals surface area contributed by atoms with Crippen LogP contribution in [0.2, 0.25) is 0 Å². The molecule has 92 valence electrons. The summed E-state index contributed by atoms with van der Waals surface area (Å²) < 4.78 is 18.3. The van der Waals surface area contributed by atoms with E-state index in [-0.39, 0.29) is 18.3 Å². The van der Waals surface area contributed by atoms with E-state index in [1.165, 1.54) is 12.1 Å². The Balaban J connectivity index is 2.75. The molecule has 1 N–H and O–H groups in total. The zero-order valence-electron chi connectivity index (χ0n) is 9.03.